The van der Waals surface area contributed by atoms with Crippen LogP contribution in [0.15, 0.2) is 30.5 Å². The predicted molar refractivity (Wildman–Crippen MR) is 124 cm³/mol. The third-order valence-electron chi connectivity index (χ3n) is 6.33. The maximum Gasteiger partial charge on any atom is 0.490 e. The molecule has 2 fully saturated rings. The van der Waals surface area contributed by atoms with Crippen LogP contribution in [0.3, 0.4) is 0 Å². The largest absolute Gasteiger partial charge is 0.490 e. The maximum atomic E-state index is 13.1. The molecule has 0 saturated carbocycles. The molecule has 1 aliphatic carbocycles. The van der Waals surface area contributed by atoms with E-state index in [1.54, 1.807) is 12.1 Å². The number of nitrogens with zero attached hydrogens (tertiary/aromatic N) is 4. The van der Waals surface area contributed by atoms with Gasteiger partial charge in [-0.2, -0.15) is 26.3 Å². The lowest BCUT2D eigenvalue weighted by Gasteiger charge is -2.27. The van der Waals surface area contributed by atoms with Crippen molar-refractivity contribution in [2.24, 2.45) is 5.92 Å². The molecule has 9 nitrogen and oxygen atoms in total. The molecule has 5 rings (SSSR count). The molecular weight excluding hydrogens is 557 g/mol. The lowest BCUT2D eigenvalue weighted by atomic mass is 9.99. The molecule has 1 aromatic heterocycles. The summed E-state index contributed by atoms with van der Waals surface area (Å²) in [6.45, 7) is 6.20. The van der Waals surface area contributed by atoms with E-state index in [4.69, 9.17) is 29.5 Å². The number of aliphatic carboxylic acids is 2. The van der Waals surface area contributed by atoms with Crippen LogP contribution >= 0.6 is 0 Å². The third-order valence-corrected chi connectivity index (χ3v) is 6.33. The number of benzene rings is 1. The fourth-order valence-corrected chi connectivity index (χ4v) is 4.54. The fraction of sp³-hybridized carbons (Fsp3) is 0.500. The Morgan fingerprint density at radius 1 is 0.950 bits per heavy atom. The zero-order valence-electron chi connectivity index (χ0n) is 20.8. The van der Waals surface area contributed by atoms with Crippen LogP contribution in [-0.4, -0.2) is 88.8 Å². The molecule has 2 atom stereocenters. The number of anilines is 1. The second-order valence-corrected chi connectivity index (χ2v) is 9.18. The maximum absolute atomic E-state index is 13.1. The molecule has 220 valence electrons. The number of carboxylic acid groups (broad SMARTS) is 2. The van der Waals surface area contributed by atoms with Gasteiger partial charge >= 0.3 is 24.3 Å². The number of likely N-dealkylation sites (tertiary alicyclic amines) is 1. The number of halogens is 7. The van der Waals surface area contributed by atoms with Crippen molar-refractivity contribution in [2.45, 2.75) is 31.2 Å². The van der Waals surface area contributed by atoms with E-state index in [0.29, 0.717) is 11.8 Å². The molecular formula is C24H25F7N4O5. The number of carbonyl (C=O) groups is 2. The quantitative estimate of drug-likeness (QED) is 0.525. The first-order chi connectivity index (χ1) is 18.6. The summed E-state index contributed by atoms with van der Waals surface area (Å²) >= 11 is 0. The summed E-state index contributed by atoms with van der Waals surface area (Å²) in [6, 6.07) is 6.86. The lowest BCUT2D eigenvalue weighted by molar-refractivity contribution is -0.193. The molecule has 3 aliphatic rings. The average Bonchev–Trinajstić information content (AvgIpc) is 3.42. The van der Waals surface area contributed by atoms with Gasteiger partial charge in [-0.1, -0.05) is 12.1 Å². The monoisotopic (exact) mass is 582 g/mol. The van der Waals surface area contributed by atoms with E-state index >= 15 is 0 Å². The standard InChI is InChI=1S/C20H23FN4O.2C2HF3O2/c21-17-3-1-14(2-4-17)11-24-12-16-9-15-10-22-20(23-19(15)18(16)13-24)25-5-7-26-8-6-25;2*3-2(4,5)1(6)7/h1-4,10,16,18H,5-9,11-13H2;2*(H,6,7). The van der Waals surface area contributed by atoms with Gasteiger partial charge in [-0.15, -0.1) is 0 Å². The minimum absolute atomic E-state index is 0.173. The smallest absolute Gasteiger partial charge is 0.475 e. The Morgan fingerprint density at radius 3 is 2.02 bits per heavy atom. The first kappa shape index (κ1) is 31.0. The topological polar surface area (TPSA) is 116 Å². The van der Waals surface area contributed by atoms with E-state index in [-0.39, 0.29) is 5.82 Å². The van der Waals surface area contributed by atoms with E-state index in [1.807, 2.05) is 18.3 Å². The van der Waals surface area contributed by atoms with Gasteiger partial charge in [0.2, 0.25) is 5.95 Å². The Bertz CT molecular complexity index is 1150. The van der Waals surface area contributed by atoms with Crippen molar-refractivity contribution in [1.82, 2.24) is 14.9 Å². The van der Waals surface area contributed by atoms with Crippen LogP contribution in [0.25, 0.3) is 0 Å². The number of morpholine rings is 1. The summed E-state index contributed by atoms with van der Waals surface area (Å²) in [5.74, 6) is -3.72. The second-order valence-electron chi connectivity index (χ2n) is 9.18. The van der Waals surface area contributed by atoms with Crippen LogP contribution in [0.5, 0.6) is 0 Å². The summed E-state index contributed by atoms with van der Waals surface area (Å²) in [7, 11) is 0. The Balaban J connectivity index is 0.000000263. The zero-order chi connectivity index (χ0) is 29.7. The molecule has 40 heavy (non-hydrogen) atoms. The zero-order valence-corrected chi connectivity index (χ0v) is 20.8. The van der Waals surface area contributed by atoms with Crippen molar-refractivity contribution < 1.29 is 55.3 Å². The molecule has 0 bridgehead atoms. The van der Waals surface area contributed by atoms with Gasteiger partial charge in [0.1, 0.15) is 5.82 Å². The van der Waals surface area contributed by atoms with E-state index in [1.165, 1.54) is 16.8 Å². The number of ether oxygens (including phenoxy) is 1. The minimum atomic E-state index is -5.08. The molecule has 2 N–H and O–H groups in total. The van der Waals surface area contributed by atoms with E-state index in [2.05, 4.69) is 14.8 Å². The van der Waals surface area contributed by atoms with Crippen LogP contribution in [0.1, 0.15) is 22.7 Å². The number of fused-ring (bicyclic) bond motifs is 3. The SMILES string of the molecule is Fc1ccc(CN2CC3Cc4cnc(N5CCOCC5)nc4C3C2)cc1.O=C(O)C(F)(F)F.O=C(O)C(F)(F)F. The number of alkyl halides is 6. The molecule has 2 saturated heterocycles. The number of hydrogen-bond acceptors (Lipinski definition) is 7. The molecule has 0 spiro atoms. The van der Waals surface area contributed by atoms with E-state index in [9.17, 15) is 30.7 Å². The molecule has 2 aliphatic heterocycles. The molecule has 2 unspecified atom stereocenters. The molecule has 0 amide bonds. The van der Waals surface area contributed by atoms with Crippen molar-refractivity contribution in [2.75, 3.05) is 44.3 Å². The highest BCUT2D eigenvalue weighted by Crippen LogP contribution is 2.42. The average molecular weight is 582 g/mol. The highest BCUT2D eigenvalue weighted by molar-refractivity contribution is 5.73. The highest BCUT2D eigenvalue weighted by Gasteiger charge is 2.42. The van der Waals surface area contributed by atoms with Crippen LogP contribution in [0.4, 0.5) is 36.7 Å². The molecule has 1 aromatic carbocycles. The Hall–Kier alpha value is -3.53. The summed E-state index contributed by atoms with van der Waals surface area (Å²) in [4.78, 5) is 32.1. The van der Waals surface area contributed by atoms with Crippen molar-refractivity contribution in [3.8, 4) is 0 Å². The van der Waals surface area contributed by atoms with Gasteiger partial charge in [0, 0.05) is 44.8 Å². The van der Waals surface area contributed by atoms with Crippen molar-refractivity contribution in [3.63, 3.8) is 0 Å². The molecule has 16 heteroatoms. The number of hydrogen-bond donors (Lipinski definition) is 2. The highest BCUT2D eigenvalue weighted by atomic mass is 19.4. The first-order valence-corrected chi connectivity index (χ1v) is 11.9. The molecule has 3 heterocycles. The molecule has 2 aromatic rings. The van der Waals surface area contributed by atoms with Gasteiger partial charge in [-0.3, -0.25) is 4.90 Å². The van der Waals surface area contributed by atoms with Crippen LogP contribution in [0.2, 0.25) is 0 Å². The fourth-order valence-electron chi connectivity index (χ4n) is 4.54. The Morgan fingerprint density at radius 2 is 1.50 bits per heavy atom. The van der Waals surface area contributed by atoms with Gasteiger partial charge < -0.3 is 19.8 Å². The number of aromatic nitrogens is 2. The van der Waals surface area contributed by atoms with Gasteiger partial charge in [-0.05, 0) is 35.6 Å². The third kappa shape index (κ3) is 8.48. The van der Waals surface area contributed by atoms with Crippen molar-refractivity contribution in [3.05, 3.63) is 53.1 Å². The van der Waals surface area contributed by atoms with Crippen LogP contribution in [-0.2, 0) is 27.3 Å². The van der Waals surface area contributed by atoms with Gasteiger partial charge in [-0.25, -0.2) is 23.9 Å². The summed E-state index contributed by atoms with van der Waals surface area (Å²) in [6.07, 6.45) is -7.06. The van der Waals surface area contributed by atoms with Crippen molar-refractivity contribution >= 4 is 17.9 Å². The van der Waals surface area contributed by atoms with Crippen LogP contribution < -0.4 is 4.90 Å². The van der Waals surface area contributed by atoms with Gasteiger partial charge in [0.15, 0.2) is 0 Å². The number of rotatable bonds is 3. The Kier molecular flexibility index (Phi) is 9.89. The van der Waals surface area contributed by atoms with E-state index < -0.39 is 24.3 Å². The van der Waals surface area contributed by atoms with Crippen molar-refractivity contribution in [1.29, 1.82) is 0 Å². The second kappa shape index (κ2) is 12.8. The molecule has 0 radical (unpaired) electrons. The summed E-state index contributed by atoms with van der Waals surface area (Å²) in [5, 5.41) is 14.2. The van der Waals surface area contributed by atoms with Crippen LogP contribution in [0, 0.1) is 11.7 Å². The van der Waals surface area contributed by atoms with E-state index in [0.717, 1.165) is 58.3 Å². The Labute approximate surface area is 223 Å². The summed E-state index contributed by atoms with van der Waals surface area (Å²) in [5.41, 5.74) is 3.73. The lowest BCUT2D eigenvalue weighted by Crippen LogP contribution is -2.37. The van der Waals surface area contributed by atoms with Gasteiger partial charge in [0.05, 0.1) is 18.9 Å². The van der Waals surface area contributed by atoms with Gasteiger partial charge in [0.25, 0.3) is 0 Å². The minimum Gasteiger partial charge on any atom is -0.475 e. The number of carboxylic acids is 2. The summed E-state index contributed by atoms with van der Waals surface area (Å²) < 4.78 is 82.0. The normalized spacial score (nSPS) is 20.4. The predicted octanol–water partition coefficient (Wildman–Crippen LogP) is 3.49. The first-order valence-electron chi connectivity index (χ1n) is 11.9.